The average molecular weight is 404 g/mol. The minimum Gasteiger partial charge on any atom is -0.458 e. The Labute approximate surface area is 174 Å². The number of carbonyl (C=O) groups excluding carboxylic acids is 1. The van der Waals surface area contributed by atoms with Crippen molar-refractivity contribution in [2.75, 3.05) is 13.7 Å². The SMILES string of the molecule is CONC1CC[C@@]2(C)C(CCC3C2CC[C@]2(C)[C@@H](C4=CC(=O)OC4)CC[C@]32O)C1. The quantitative estimate of drug-likeness (QED) is 0.555. The van der Waals surface area contributed by atoms with Gasteiger partial charge in [-0.2, -0.15) is 5.48 Å². The molecule has 0 aromatic carbocycles. The van der Waals surface area contributed by atoms with Gasteiger partial charge in [-0.25, -0.2) is 4.79 Å². The van der Waals surface area contributed by atoms with Gasteiger partial charge in [0, 0.05) is 17.5 Å². The second-order valence-corrected chi connectivity index (χ2v) is 11.1. The molecule has 0 bridgehead atoms. The van der Waals surface area contributed by atoms with Gasteiger partial charge in [-0.05, 0) is 92.4 Å². The molecule has 0 aromatic heterocycles. The van der Waals surface area contributed by atoms with E-state index in [1.54, 1.807) is 13.2 Å². The van der Waals surface area contributed by atoms with Crippen LogP contribution in [-0.4, -0.2) is 36.4 Å². The molecule has 5 nitrogen and oxygen atoms in total. The van der Waals surface area contributed by atoms with Crippen molar-refractivity contribution in [3.8, 4) is 0 Å². The first kappa shape index (κ1) is 20.0. The molecule has 0 amide bonds. The fourth-order valence-electron chi connectivity index (χ4n) is 8.68. The van der Waals surface area contributed by atoms with Gasteiger partial charge in [0.25, 0.3) is 0 Å². The molecule has 29 heavy (non-hydrogen) atoms. The molecule has 0 saturated heterocycles. The molecule has 4 aliphatic carbocycles. The van der Waals surface area contributed by atoms with Crippen LogP contribution in [0.5, 0.6) is 0 Å². The molecule has 4 saturated carbocycles. The van der Waals surface area contributed by atoms with Crippen LogP contribution in [0.1, 0.15) is 71.6 Å². The van der Waals surface area contributed by atoms with E-state index in [4.69, 9.17) is 9.57 Å². The van der Waals surface area contributed by atoms with Crippen LogP contribution < -0.4 is 5.48 Å². The predicted octanol–water partition coefficient (Wildman–Crippen LogP) is 3.76. The van der Waals surface area contributed by atoms with E-state index in [2.05, 4.69) is 19.3 Å². The Morgan fingerprint density at radius 3 is 2.66 bits per heavy atom. The summed E-state index contributed by atoms with van der Waals surface area (Å²) in [6.45, 7) is 5.25. The Hall–Kier alpha value is -0.910. The third-order valence-electron chi connectivity index (χ3n) is 10.3. The molecule has 4 fully saturated rings. The second-order valence-electron chi connectivity index (χ2n) is 11.1. The molecule has 1 heterocycles. The van der Waals surface area contributed by atoms with Crippen LogP contribution in [0.15, 0.2) is 11.6 Å². The lowest BCUT2D eigenvalue weighted by Crippen LogP contribution is -2.62. The summed E-state index contributed by atoms with van der Waals surface area (Å²) in [5, 5.41) is 12.2. The van der Waals surface area contributed by atoms with Gasteiger partial charge >= 0.3 is 5.97 Å². The Balaban J connectivity index is 1.41. The number of hydroxylamine groups is 1. The van der Waals surface area contributed by atoms with E-state index in [0.717, 1.165) is 43.6 Å². The molecule has 0 spiro atoms. The van der Waals surface area contributed by atoms with Crippen molar-refractivity contribution in [3.63, 3.8) is 0 Å². The van der Waals surface area contributed by atoms with Gasteiger partial charge in [0.1, 0.15) is 6.61 Å². The third kappa shape index (κ3) is 2.73. The average Bonchev–Trinajstić information content (AvgIpc) is 3.23. The fourth-order valence-corrected chi connectivity index (χ4v) is 8.68. The molecular weight excluding hydrogens is 366 g/mol. The van der Waals surface area contributed by atoms with E-state index in [1.807, 2.05) is 0 Å². The zero-order chi connectivity index (χ0) is 20.4. The molecule has 2 N–H and O–H groups in total. The van der Waals surface area contributed by atoms with Gasteiger partial charge in [0.2, 0.25) is 0 Å². The van der Waals surface area contributed by atoms with Gasteiger partial charge in [-0.3, -0.25) is 0 Å². The molecule has 5 aliphatic rings. The predicted molar refractivity (Wildman–Crippen MR) is 110 cm³/mol. The summed E-state index contributed by atoms with van der Waals surface area (Å²) in [5.41, 5.74) is 3.91. The molecule has 5 heteroatoms. The van der Waals surface area contributed by atoms with E-state index in [9.17, 15) is 9.90 Å². The topological polar surface area (TPSA) is 67.8 Å². The normalized spacial score (nSPS) is 51.7. The maximum absolute atomic E-state index is 12.2. The summed E-state index contributed by atoms with van der Waals surface area (Å²) in [7, 11) is 1.72. The van der Waals surface area contributed by atoms with E-state index >= 15 is 0 Å². The maximum atomic E-state index is 12.2. The van der Waals surface area contributed by atoms with Crippen LogP contribution >= 0.6 is 0 Å². The zero-order valence-electron chi connectivity index (χ0n) is 18.2. The number of hydrogen-bond donors (Lipinski definition) is 2. The highest BCUT2D eigenvalue weighted by molar-refractivity contribution is 5.85. The van der Waals surface area contributed by atoms with Crippen LogP contribution in [0, 0.1) is 34.5 Å². The zero-order valence-corrected chi connectivity index (χ0v) is 18.2. The summed E-state index contributed by atoms with van der Waals surface area (Å²) in [6.07, 6.45) is 11.8. The summed E-state index contributed by atoms with van der Waals surface area (Å²) in [4.78, 5) is 16.9. The molecular formula is C24H37NO4. The van der Waals surface area contributed by atoms with Gasteiger partial charge in [-0.15, -0.1) is 0 Å². The standard InChI is InChI=1S/C24H37NO4/c1-22-9-6-17(25-28-3)13-16(22)4-5-20-19(22)7-10-23(2)18(8-11-24(20,23)27)15-12-21(26)29-14-15/h12,16-20,25,27H,4-11,13-14H2,1-3H3/t16?,17?,18-,19?,20?,22+,23-,24+/m1/s1. The van der Waals surface area contributed by atoms with Crippen molar-refractivity contribution in [2.24, 2.45) is 34.5 Å². The lowest BCUT2D eigenvalue weighted by atomic mass is 9.43. The smallest absolute Gasteiger partial charge is 0.331 e. The van der Waals surface area contributed by atoms with E-state index in [0.29, 0.717) is 29.9 Å². The summed E-state index contributed by atoms with van der Waals surface area (Å²) in [5.74, 6) is 1.79. The summed E-state index contributed by atoms with van der Waals surface area (Å²) >= 11 is 0. The Kier molecular flexibility index (Phi) is 4.69. The van der Waals surface area contributed by atoms with Gasteiger partial charge in [0.15, 0.2) is 0 Å². The minimum atomic E-state index is -0.608. The van der Waals surface area contributed by atoms with Crippen LogP contribution in [0.2, 0.25) is 0 Å². The Morgan fingerprint density at radius 1 is 1.10 bits per heavy atom. The molecule has 0 aromatic rings. The van der Waals surface area contributed by atoms with Gasteiger partial charge in [-0.1, -0.05) is 13.8 Å². The summed E-state index contributed by atoms with van der Waals surface area (Å²) in [6, 6.07) is 0.467. The van der Waals surface area contributed by atoms with Crippen molar-refractivity contribution in [1.29, 1.82) is 0 Å². The highest BCUT2D eigenvalue weighted by Gasteiger charge is 2.67. The van der Waals surface area contributed by atoms with Crippen LogP contribution in [0.25, 0.3) is 0 Å². The molecule has 4 unspecified atom stereocenters. The van der Waals surface area contributed by atoms with E-state index in [-0.39, 0.29) is 17.3 Å². The lowest BCUT2D eigenvalue weighted by molar-refractivity contribution is -0.206. The largest absolute Gasteiger partial charge is 0.458 e. The molecule has 8 atom stereocenters. The van der Waals surface area contributed by atoms with Crippen molar-refractivity contribution in [3.05, 3.63) is 11.6 Å². The van der Waals surface area contributed by atoms with Crippen molar-refractivity contribution in [1.82, 2.24) is 5.48 Å². The summed E-state index contributed by atoms with van der Waals surface area (Å²) < 4.78 is 5.23. The molecule has 5 rings (SSSR count). The maximum Gasteiger partial charge on any atom is 0.331 e. The molecule has 0 radical (unpaired) electrons. The van der Waals surface area contributed by atoms with Crippen molar-refractivity contribution < 1.29 is 19.5 Å². The van der Waals surface area contributed by atoms with E-state index < -0.39 is 5.60 Å². The number of nitrogens with one attached hydrogen (secondary N) is 1. The second kappa shape index (κ2) is 6.80. The minimum absolute atomic E-state index is 0.133. The highest BCUT2D eigenvalue weighted by Crippen LogP contribution is 2.69. The first-order chi connectivity index (χ1) is 13.8. The van der Waals surface area contributed by atoms with Gasteiger partial charge < -0.3 is 14.7 Å². The van der Waals surface area contributed by atoms with Crippen molar-refractivity contribution >= 4 is 5.97 Å². The number of ether oxygens (including phenoxy) is 1. The van der Waals surface area contributed by atoms with E-state index in [1.165, 1.54) is 25.7 Å². The fraction of sp³-hybridized carbons (Fsp3) is 0.875. The highest BCUT2D eigenvalue weighted by atomic mass is 16.6. The number of fused-ring (bicyclic) bond motifs is 5. The number of carbonyl (C=O) groups is 1. The van der Waals surface area contributed by atoms with Crippen molar-refractivity contribution in [2.45, 2.75) is 83.3 Å². The molecule has 1 aliphatic heterocycles. The van der Waals surface area contributed by atoms with Crippen LogP contribution in [0.3, 0.4) is 0 Å². The van der Waals surface area contributed by atoms with Gasteiger partial charge in [0.05, 0.1) is 12.7 Å². The van der Waals surface area contributed by atoms with Crippen LogP contribution in [-0.2, 0) is 14.4 Å². The number of esters is 1. The molecule has 162 valence electrons. The first-order valence-electron chi connectivity index (χ1n) is 11.7. The first-order valence-corrected chi connectivity index (χ1v) is 11.7. The number of rotatable bonds is 3. The Bertz CT molecular complexity index is 722. The van der Waals surface area contributed by atoms with Crippen LogP contribution in [0.4, 0.5) is 0 Å². The number of cyclic esters (lactones) is 1. The lowest BCUT2D eigenvalue weighted by Gasteiger charge is -2.63. The Morgan fingerprint density at radius 2 is 1.93 bits per heavy atom. The number of aliphatic hydroxyl groups is 1. The third-order valence-corrected chi connectivity index (χ3v) is 10.3. The number of hydrogen-bond acceptors (Lipinski definition) is 5. The monoisotopic (exact) mass is 403 g/mol.